The van der Waals surface area contributed by atoms with Gasteiger partial charge in [-0.1, -0.05) is 12.1 Å². The number of piperidine rings is 1. The van der Waals surface area contributed by atoms with E-state index in [9.17, 15) is 4.79 Å². The molecule has 3 nitrogen and oxygen atoms in total. The summed E-state index contributed by atoms with van der Waals surface area (Å²) in [7, 11) is 2.15. The molecule has 0 unspecified atom stereocenters. The topological polar surface area (TPSA) is 23.6 Å². The minimum Gasteiger partial charge on any atom is -0.309 e. The van der Waals surface area contributed by atoms with Gasteiger partial charge in [-0.15, -0.1) is 0 Å². The second-order valence-corrected chi connectivity index (χ2v) is 5.61. The number of carbonyl (C=O) groups is 1. The van der Waals surface area contributed by atoms with E-state index in [2.05, 4.69) is 42.0 Å². The summed E-state index contributed by atoms with van der Waals surface area (Å²) in [5.41, 5.74) is 3.60. The van der Waals surface area contributed by atoms with Crippen LogP contribution in [0.1, 0.15) is 24.0 Å². The van der Waals surface area contributed by atoms with Crippen molar-refractivity contribution >= 4 is 11.6 Å². The molecule has 0 spiro atoms. The van der Waals surface area contributed by atoms with Gasteiger partial charge in [-0.3, -0.25) is 4.79 Å². The maximum Gasteiger partial charge on any atom is 0.231 e. The lowest BCUT2D eigenvalue weighted by Crippen LogP contribution is -2.45. The van der Waals surface area contributed by atoms with Gasteiger partial charge >= 0.3 is 0 Å². The molecule has 0 bridgehead atoms. The average Bonchev–Trinajstić information content (AvgIpc) is 2.66. The number of benzene rings is 1. The molecule has 0 aliphatic carbocycles. The lowest BCUT2D eigenvalue weighted by molar-refractivity contribution is -0.118. The SMILES string of the molecule is Cc1ccc2c(c1)N(C1CCN(C)CC1)C(=O)C2. The standard InChI is InChI=1S/C15H20N2O/c1-11-3-4-12-10-15(18)17(14(12)9-11)13-5-7-16(2)8-6-13/h3-4,9,13H,5-8,10H2,1-2H3. The smallest absolute Gasteiger partial charge is 0.231 e. The van der Waals surface area contributed by atoms with E-state index in [1.54, 1.807) is 0 Å². The van der Waals surface area contributed by atoms with Crippen LogP contribution in [0.3, 0.4) is 0 Å². The number of rotatable bonds is 1. The van der Waals surface area contributed by atoms with Crippen LogP contribution >= 0.6 is 0 Å². The molecule has 1 saturated heterocycles. The van der Waals surface area contributed by atoms with Crippen molar-refractivity contribution in [1.82, 2.24) is 4.90 Å². The predicted molar refractivity (Wildman–Crippen MR) is 72.9 cm³/mol. The molecule has 3 rings (SSSR count). The van der Waals surface area contributed by atoms with Gasteiger partial charge in [0.1, 0.15) is 0 Å². The van der Waals surface area contributed by atoms with Crippen molar-refractivity contribution in [2.24, 2.45) is 0 Å². The van der Waals surface area contributed by atoms with Crippen LogP contribution in [-0.2, 0) is 11.2 Å². The molecule has 1 aromatic rings. The Morgan fingerprint density at radius 2 is 1.94 bits per heavy atom. The fourth-order valence-corrected chi connectivity index (χ4v) is 3.08. The first kappa shape index (κ1) is 11.7. The summed E-state index contributed by atoms with van der Waals surface area (Å²) >= 11 is 0. The van der Waals surface area contributed by atoms with Crippen LogP contribution in [0.25, 0.3) is 0 Å². The van der Waals surface area contributed by atoms with Gasteiger partial charge in [0.15, 0.2) is 0 Å². The molecule has 0 aromatic heterocycles. The largest absolute Gasteiger partial charge is 0.309 e. The minimum atomic E-state index is 0.283. The van der Waals surface area contributed by atoms with Crippen LogP contribution in [-0.4, -0.2) is 37.0 Å². The molecule has 1 amide bonds. The van der Waals surface area contributed by atoms with Gasteiger partial charge in [-0.2, -0.15) is 0 Å². The van der Waals surface area contributed by atoms with Crippen molar-refractivity contribution < 1.29 is 4.79 Å². The number of hydrogen-bond donors (Lipinski definition) is 0. The summed E-state index contributed by atoms with van der Waals surface area (Å²) in [6.07, 6.45) is 2.77. The third kappa shape index (κ3) is 1.93. The van der Waals surface area contributed by atoms with Crippen LogP contribution in [0, 0.1) is 6.92 Å². The molecule has 0 saturated carbocycles. The lowest BCUT2D eigenvalue weighted by Gasteiger charge is -2.35. The first-order chi connectivity index (χ1) is 8.65. The first-order valence-electron chi connectivity index (χ1n) is 6.75. The molecule has 3 heteroatoms. The predicted octanol–water partition coefficient (Wildman–Crippen LogP) is 1.98. The zero-order chi connectivity index (χ0) is 12.7. The molecular formula is C15H20N2O. The zero-order valence-corrected chi connectivity index (χ0v) is 11.1. The first-order valence-corrected chi connectivity index (χ1v) is 6.75. The number of likely N-dealkylation sites (tertiary alicyclic amines) is 1. The number of anilines is 1. The highest BCUT2D eigenvalue weighted by atomic mass is 16.2. The average molecular weight is 244 g/mol. The summed E-state index contributed by atoms with van der Waals surface area (Å²) in [4.78, 5) is 16.6. The van der Waals surface area contributed by atoms with E-state index in [0.29, 0.717) is 12.5 Å². The third-order valence-corrected chi connectivity index (χ3v) is 4.16. The Balaban J connectivity index is 1.89. The highest BCUT2D eigenvalue weighted by Crippen LogP contribution is 2.33. The van der Waals surface area contributed by atoms with Crippen LogP contribution in [0.15, 0.2) is 18.2 Å². The van der Waals surface area contributed by atoms with Crippen molar-refractivity contribution in [1.29, 1.82) is 0 Å². The number of carbonyl (C=O) groups excluding carboxylic acids is 1. The Bertz CT molecular complexity index is 475. The Labute approximate surface area is 108 Å². The van der Waals surface area contributed by atoms with Crippen molar-refractivity contribution in [3.05, 3.63) is 29.3 Å². The molecule has 1 fully saturated rings. The minimum absolute atomic E-state index is 0.283. The van der Waals surface area contributed by atoms with E-state index < -0.39 is 0 Å². The molecule has 2 heterocycles. The molecule has 0 N–H and O–H groups in total. The highest BCUT2D eigenvalue weighted by Gasteiger charge is 2.34. The molecule has 96 valence electrons. The van der Waals surface area contributed by atoms with Crippen molar-refractivity contribution in [3.8, 4) is 0 Å². The lowest BCUT2D eigenvalue weighted by atomic mass is 10.0. The van der Waals surface area contributed by atoms with E-state index in [0.717, 1.165) is 31.6 Å². The number of amides is 1. The van der Waals surface area contributed by atoms with Gasteiger partial charge in [0.05, 0.1) is 6.42 Å². The molecular weight excluding hydrogens is 224 g/mol. The number of nitrogens with zero attached hydrogens (tertiary/aromatic N) is 2. The maximum atomic E-state index is 12.2. The Hall–Kier alpha value is -1.35. The van der Waals surface area contributed by atoms with Gasteiger partial charge in [-0.25, -0.2) is 0 Å². The second kappa shape index (κ2) is 4.39. The van der Waals surface area contributed by atoms with E-state index in [4.69, 9.17) is 0 Å². The van der Waals surface area contributed by atoms with Gasteiger partial charge < -0.3 is 9.80 Å². The van der Waals surface area contributed by atoms with E-state index in [1.165, 1.54) is 11.1 Å². The Morgan fingerprint density at radius 1 is 1.22 bits per heavy atom. The zero-order valence-electron chi connectivity index (χ0n) is 11.1. The van der Waals surface area contributed by atoms with Crippen LogP contribution in [0.4, 0.5) is 5.69 Å². The van der Waals surface area contributed by atoms with Gasteiger partial charge in [0.2, 0.25) is 5.91 Å². The number of fused-ring (bicyclic) bond motifs is 1. The second-order valence-electron chi connectivity index (χ2n) is 5.61. The Kier molecular flexibility index (Phi) is 2.86. The van der Waals surface area contributed by atoms with Crippen molar-refractivity contribution in [2.75, 3.05) is 25.0 Å². The van der Waals surface area contributed by atoms with Gasteiger partial charge in [0, 0.05) is 11.7 Å². The third-order valence-electron chi connectivity index (χ3n) is 4.16. The quantitative estimate of drug-likeness (QED) is 0.754. The normalized spacial score (nSPS) is 21.4. The molecule has 0 atom stereocenters. The monoisotopic (exact) mass is 244 g/mol. The molecule has 1 aromatic carbocycles. The molecule has 0 radical (unpaired) electrons. The number of aryl methyl sites for hydroxylation is 1. The van der Waals surface area contributed by atoms with Gasteiger partial charge in [0.25, 0.3) is 0 Å². The summed E-state index contributed by atoms with van der Waals surface area (Å²) in [6.45, 7) is 4.28. The molecule has 18 heavy (non-hydrogen) atoms. The summed E-state index contributed by atoms with van der Waals surface area (Å²) < 4.78 is 0. The summed E-state index contributed by atoms with van der Waals surface area (Å²) in [5, 5.41) is 0. The highest BCUT2D eigenvalue weighted by molar-refractivity contribution is 6.02. The fraction of sp³-hybridized carbons (Fsp3) is 0.533. The van der Waals surface area contributed by atoms with Crippen molar-refractivity contribution in [3.63, 3.8) is 0 Å². The van der Waals surface area contributed by atoms with Crippen LogP contribution in [0.2, 0.25) is 0 Å². The van der Waals surface area contributed by atoms with Gasteiger partial charge in [-0.05, 0) is 57.1 Å². The Morgan fingerprint density at radius 3 is 2.67 bits per heavy atom. The molecule has 2 aliphatic rings. The fourth-order valence-electron chi connectivity index (χ4n) is 3.08. The van der Waals surface area contributed by atoms with Crippen LogP contribution < -0.4 is 4.90 Å². The van der Waals surface area contributed by atoms with E-state index >= 15 is 0 Å². The molecule has 2 aliphatic heterocycles. The van der Waals surface area contributed by atoms with Crippen molar-refractivity contribution in [2.45, 2.75) is 32.2 Å². The summed E-state index contributed by atoms with van der Waals surface area (Å²) in [5.74, 6) is 0.283. The maximum absolute atomic E-state index is 12.2. The number of hydrogen-bond acceptors (Lipinski definition) is 2. The van der Waals surface area contributed by atoms with E-state index in [-0.39, 0.29) is 5.91 Å². The van der Waals surface area contributed by atoms with E-state index in [1.807, 2.05) is 0 Å². The summed E-state index contributed by atoms with van der Waals surface area (Å²) in [6, 6.07) is 6.78. The van der Waals surface area contributed by atoms with Crippen LogP contribution in [0.5, 0.6) is 0 Å².